The summed E-state index contributed by atoms with van der Waals surface area (Å²) in [7, 11) is 0. The number of aromatic nitrogens is 1. The summed E-state index contributed by atoms with van der Waals surface area (Å²) in [5.41, 5.74) is 0. The molecule has 48 valence electrons. The van der Waals surface area contributed by atoms with Crippen LogP contribution in [0.25, 0.3) is 6.08 Å². The molecule has 0 saturated heterocycles. The molecule has 9 heavy (non-hydrogen) atoms. The Morgan fingerprint density at radius 1 is 1.67 bits per heavy atom. The van der Waals surface area contributed by atoms with Gasteiger partial charge in [0.2, 0.25) is 0 Å². The van der Waals surface area contributed by atoms with Crippen molar-refractivity contribution in [1.82, 2.24) is 5.16 Å². The largest absolute Gasteiger partial charge is 0.357 e. The van der Waals surface area contributed by atoms with Gasteiger partial charge in [0, 0.05) is 12.1 Å². The van der Waals surface area contributed by atoms with Crippen LogP contribution >= 0.6 is 23.2 Å². The van der Waals surface area contributed by atoms with Crippen molar-refractivity contribution in [3.63, 3.8) is 0 Å². The van der Waals surface area contributed by atoms with Crippen LogP contribution in [0.5, 0.6) is 0 Å². The first-order valence-electron chi connectivity index (χ1n) is 2.22. The molecule has 4 heteroatoms. The molecular weight excluding hydrogens is 161 g/mol. The van der Waals surface area contributed by atoms with E-state index >= 15 is 0 Å². The Hall–Kier alpha value is -0.470. The van der Waals surface area contributed by atoms with Gasteiger partial charge in [0.15, 0.2) is 5.76 Å². The number of hydrogen-bond acceptors (Lipinski definition) is 2. The van der Waals surface area contributed by atoms with Gasteiger partial charge in [-0.05, 0) is 0 Å². The highest BCUT2D eigenvalue weighted by Gasteiger charge is 1.90. The highest BCUT2D eigenvalue weighted by atomic mass is 35.5. The molecule has 0 N–H and O–H groups in total. The first kappa shape index (κ1) is 6.65. The molecule has 1 heterocycles. The van der Waals surface area contributed by atoms with Crippen LogP contribution in [-0.4, -0.2) is 5.16 Å². The van der Waals surface area contributed by atoms with E-state index in [0.29, 0.717) is 5.76 Å². The molecule has 2 nitrogen and oxygen atoms in total. The number of rotatable bonds is 1. The second-order valence-corrected chi connectivity index (χ2v) is 2.36. The molecule has 0 aliphatic carbocycles. The van der Waals surface area contributed by atoms with Crippen LogP contribution in [0.15, 0.2) is 21.3 Å². The number of hydrogen-bond donors (Lipinski definition) is 0. The molecule has 0 atom stereocenters. The fourth-order valence-electron chi connectivity index (χ4n) is 0.408. The summed E-state index contributed by atoms with van der Waals surface area (Å²) in [6.45, 7) is 0. The van der Waals surface area contributed by atoms with E-state index in [1.54, 1.807) is 6.07 Å². The Kier molecular flexibility index (Phi) is 2.14. The molecule has 0 aliphatic rings. The molecule has 0 radical (unpaired) electrons. The minimum Gasteiger partial charge on any atom is -0.357 e. The van der Waals surface area contributed by atoms with Gasteiger partial charge in [0.25, 0.3) is 0 Å². The van der Waals surface area contributed by atoms with E-state index in [1.165, 1.54) is 12.3 Å². The van der Waals surface area contributed by atoms with E-state index in [9.17, 15) is 0 Å². The van der Waals surface area contributed by atoms with Crippen molar-refractivity contribution in [1.29, 1.82) is 0 Å². The van der Waals surface area contributed by atoms with E-state index in [4.69, 9.17) is 23.2 Å². The molecule has 0 bridgehead atoms. The summed E-state index contributed by atoms with van der Waals surface area (Å²) in [5.74, 6) is 0.551. The lowest BCUT2D eigenvalue weighted by Gasteiger charge is -1.78. The van der Waals surface area contributed by atoms with E-state index in [1.807, 2.05) is 0 Å². The normalized spacial score (nSPS) is 9.11. The highest BCUT2D eigenvalue weighted by Crippen LogP contribution is 2.12. The lowest BCUT2D eigenvalue weighted by Crippen LogP contribution is -1.58. The molecule has 1 aromatic rings. The Bertz CT molecular complexity index is 201. The van der Waals surface area contributed by atoms with Crippen molar-refractivity contribution in [2.24, 2.45) is 0 Å². The maximum atomic E-state index is 5.31. The van der Waals surface area contributed by atoms with Crippen molar-refractivity contribution in [2.75, 3.05) is 0 Å². The summed E-state index contributed by atoms with van der Waals surface area (Å²) in [6, 6.07) is 1.66. The van der Waals surface area contributed by atoms with Crippen LogP contribution in [0.4, 0.5) is 0 Å². The predicted molar refractivity (Wildman–Crippen MR) is 36.2 cm³/mol. The third kappa shape index (κ3) is 2.08. The Balaban J connectivity index is 2.80. The zero-order chi connectivity index (χ0) is 6.69. The summed E-state index contributed by atoms with van der Waals surface area (Å²) in [6.07, 6.45) is 2.98. The molecule has 0 aromatic carbocycles. The summed E-state index contributed by atoms with van der Waals surface area (Å²) < 4.78 is 4.81. The quantitative estimate of drug-likeness (QED) is 0.636. The van der Waals surface area contributed by atoms with Crippen molar-refractivity contribution < 1.29 is 4.52 Å². The van der Waals surface area contributed by atoms with Crippen molar-refractivity contribution in [3.05, 3.63) is 22.5 Å². The average molecular weight is 164 g/mol. The van der Waals surface area contributed by atoms with E-state index in [0.717, 1.165) is 0 Å². The smallest absolute Gasteiger partial charge is 0.162 e. The first-order valence-corrected chi connectivity index (χ1v) is 2.98. The third-order valence-corrected chi connectivity index (χ3v) is 0.927. The van der Waals surface area contributed by atoms with Gasteiger partial charge in [0.05, 0.1) is 6.20 Å². The van der Waals surface area contributed by atoms with Gasteiger partial charge in [-0.3, -0.25) is 0 Å². The Morgan fingerprint density at radius 3 is 2.89 bits per heavy atom. The monoisotopic (exact) mass is 163 g/mol. The fourth-order valence-corrected chi connectivity index (χ4v) is 0.623. The van der Waals surface area contributed by atoms with Gasteiger partial charge < -0.3 is 4.52 Å². The van der Waals surface area contributed by atoms with Gasteiger partial charge >= 0.3 is 0 Å². The molecule has 0 aliphatic heterocycles. The van der Waals surface area contributed by atoms with E-state index < -0.39 is 0 Å². The molecule has 0 amide bonds. The second-order valence-electron chi connectivity index (χ2n) is 1.35. The van der Waals surface area contributed by atoms with Crippen molar-refractivity contribution >= 4 is 29.3 Å². The van der Waals surface area contributed by atoms with Crippen molar-refractivity contribution in [3.8, 4) is 0 Å². The Labute approximate surface area is 62.0 Å². The fraction of sp³-hybridized carbons (Fsp3) is 0. The van der Waals surface area contributed by atoms with Gasteiger partial charge in [-0.25, -0.2) is 0 Å². The maximum absolute atomic E-state index is 5.31. The van der Waals surface area contributed by atoms with Gasteiger partial charge in [0.1, 0.15) is 4.49 Å². The maximum Gasteiger partial charge on any atom is 0.162 e. The lowest BCUT2D eigenvalue weighted by atomic mass is 10.5. The van der Waals surface area contributed by atoms with Gasteiger partial charge in [-0.1, -0.05) is 28.4 Å². The molecule has 0 fully saturated rings. The Morgan fingerprint density at radius 2 is 2.44 bits per heavy atom. The number of nitrogens with zero attached hydrogens (tertiary/aromatic N) is 1. The van der Waals surface area contributed by atoms with Crippen LogP contribution in [0.1, 0.15) is 5.76 Å². The standard InChI is InChI=1S/C5H3Cl2NO/c6-5(7)3-4-1-2-8-9-4/h1-3H. The summed E-state index contributed by atoms with van der Waals surface area (Å²) in [5, 5.41) is 3.44. The van der Waals surface area contributed by atoms with Crippen LogP contribution in [-0.2, 0) is 0 Å². The average Bonchev–Trinajstić information content (AvgIpc) is 2.15. The van der Waals surface area contributed by atoms with Crippen LogP contribution in [0, 0.1) is 0 Å². The summed E-state index contributed by atoms with van der Waals surface area (Å²) in [4.78, 5) is 0. The zero-order valence-electron chi connectivity index (χ0n) is 4.34. The predicted octanol–water partition coefficient (Wildman–Crippen LogP) is 2.45. The second kappa shape index (κ2) is 2.90. The molecule has 1 rings (SSSR count). The SMILES string of the molecule is ClC(Cl)=Cc1ccno1. The highest BCUT2D eigenvalue weighted by molar-refractivity contribution is 6.57. The molecular formula is C5H3Cl2NO. The minimum atomic E-state index is 0.159. The van der Waals surface area contributed by atoms with Crippen LogP contribution in [0.2, 0.25) is 0 Å². The van der Waals surface area contributed by atoms with E-state index in [2.05, 4.69) is 9.68 Å². The van der Waals surface area contributed by atoms with Gasteiger partial charge in [-0.2, -0.15) is 0 Å². The van der Waals surface area contributed by atoms with E-state index in [-0.39, 0.29) is 4.49 Å². The lowest BCUT2D eigenvalue weighted by molar-refractivity contribution is 0.413. The minimum absolute atomic E-state index is 0.159. The van der Waals surface area contributed by atoms with Crippen LogP contribution in [0.3, 0.4) is 0 Å². The van der Waals surface area contributed by atoms with Crippen molar-refractivity contribution in [2.45, 2.75) is 0 Å². The molecule has 1 aromatic heterocycles. The molecule has 0 spiro atoms. The number of halogens is 2. The first-order chi connectivity index (χ1) is 4.29. The van der Waals surface area contributed by atoms with Crippen LogP contribution < -0.4 is 0 Å². The third-order valence-electron chi connectivity index (χ3n) is 0.709. The summed E-state index contributed by atoms with van der Waals surface area (Å²) >= 11 is 10.6. The zero-order valence-corrected chi connectivity index (χ0v) is 5.86. The topological polar surface area (TPSA) is 26.0 Å². The molecule has 0 unspecified atom stereocenters. The van der Waals surface area contributed by atoms with Gasteiger partial charge in [-0.15, -0.1) is 0 Å². The molecule has 0 saturated carbocycles.